The number of fused-ring (bicyclic) bond motifs is 4. The summed E-state index contributed by atoms with van der Waals surface area (Å²) in [6.45, 7) is 4.13. The molecule has 2 aromatic rings. The molecule has 2 aliphatic carbocycles. The monoisotopic (exact) mass is 392 g/mol. The van der Waals surface area contributed by atoms with Crippen LogP contribution in [-0.2, 0) is 12.0 Å². The lowest BCUT2D eigenvalue weighted by Gasteiger charge is -2.55. The van der Waals surface area contributed by atoms with E-state index in [0.717, 1.165) is 35.7 Å². The van der Waals surface area contributed by atoms with Crippen LogP contribution in [0.2, 0.25) is 0 Å². The van der Waals surface area contributed by atoms with Gasteiger partial charge in [0.15, 0.2) is 5.82 Å². The Morgan fingerprint density at radius 2 is 1.86 bits per heavy atom. The topological polar surface area (TPSA) is 51.0 Å². The number of nitrogens with zero attached hydrogens (tertiary/aromatic N) is 4. The van der Waals surface area contributed by atoms with Gasteiger partial charge in [-0.25, -0.2) is 4.68 Å². The third-order valence-electron chi connectivity index (χ3n) is 7.65. The first-order valence-electron chi connectivity index (χ1n) is 11.5. The van der Waals surface area contributed by atoms with Gasteiger partial charge in [-0.05, 0) is 44.2 Å². The van der Waals surface area contributed by atoms with Gasteiger partial charge in [0.1, 0.15) is 0 Å². The first-order chi connectivity index (χ1) is 14.2. The molecule has 0 saturated heterocycles. The number of rotatable bonds is 2. The number of hydrogen-bond donors (Lipinski definition) is 0. The summed E-state index contributed by atoms with van der Waals surface area (Å²) in [4.78, 5) is 20.8. The number of amides is 1. The molecule has 5 nitrogen and oxygen atoms in total. The van der Waals surface area contributed by atoms with Crippen LogP contribution >= 0.6 is 0 Å². The SMILES string of the molecule is CCc1nc2n(n1)C1(CCCCC1)[C@@H]1CCCC[C@@H]1N2C(=O)c1ccccc1C. The van der Waals surface area contributed by atoms with Crippen molar-refractivity contribution in [1.29, 1.82) is 0 Å². The fourth-order valence-corrected chi connectivity index (χ4v) is 6.23. The van der Waals surface area contributed by atoms with Crippen LogP contribution in [0.4, 0.5) is 5.95 Å². The zero-order chi connectivity index (χ0) is 20.0. The standard InChI is InChI=1S/C24H32N4O/c1-3-21-25-23-27(22(29)18-12-6-5-11-17(18)2)20-14-8-7-13-19(20)24(28(23)26-21)15-9-4-10-16-24/h5-6,11-12,19-20H,3-4,7-10,13-16H2,1-2H3/t19-,20+/m1/s1. The highest BCUT2D eigenvalue weighted by Gasteiger charge is 2.55. The van der Waals surface area contributed by atoms with Crippen LogP contribution in [0, 0.1) is 12.8 Å². The summed E-state index contributed by atoms with van der Waals surface area (Å²) in [6.07, 6.45) is 11.7. The van der Waals surface area contributed by atoms with Crippen molar-refractivity contribution in [2.45, 2.75) is 89.6 Å². The van der Waals surface area contributed by atoms with E-state index in [0.29, 0.717) is 5.92 Å². The Morgan fingerprint density at radius 3 is 2.62 bits per heavy atom. The molecule has 154 valence electrons. The maximum Gasteiger partial charge on any atom is 0.261 e. The zero-order valence-electron chi connectivity index (χ0n) is 17.7. The molecule has 0 bridgehead atoms. The first kappa shape index (κ1) is 18.8. The number of aryl methyl sites for hydroxylation is 2. The Kier molecular flexibility index (Phi) is 4.72. The Hall–Kier alpha value is -2.17. The second kappa shape index (κ2) is 7.26. The third kappa shape index (κ3) is 2.84. The fraction of sp³-hybridized carbons (Fsp3) is 0.625. The number of anilines is 1. The molecular weight excluding hydrogens is 360 g/mol. The average molecular weight is 393 g/mol. The van der Waals surface area contributed by atoms with Gasteiger partial charge in [-0.2, -0.15) is 10.1 Å². The van der Waals surface area contributed by atoms with E-state index in [1.54, 1.807) is 0 Å². The third-order valence-corrected chi connectivity index (χ3v) is 7.65. The Labute approximate surface area is 173 Å². The fourth-order valence-electron chi connectivity index (χ4n) is 6.23. The number of carbonyl (C=O) groups excluding carboxylic acids is 1. The van der Waals surface area contributed by atoms with E-state index in [2.05, 4.69) is 11.6 Å². The summed E-state index contributed by atoms with van der Waals surface area (Å²) in [5, 5.41) is 5.00. The Morgan fingerprint density at radius 1 is 1.10 bits per heavy atom. The van der Waals surface area contributed by atoms with Crippen molar-refractivity contribution in [3.63, 3.8) is 0 Å². The summed E-state index contributed by atoms with van der Waals surface area (Å²) >= 11 is 0. The molecule has 2 heterocycles. The molecule has 1 spiro atoms. The molecule has 0 radical (unpaired) electrons. The van der Waals surface area contributed by atoms with Crippen molar-refractivity contribution in [3.05, 3.63) is 41.2 Å². The minimum Gasteiger partial charge on any atom is -0.273 e. The van der Waals surface area contributed by atoms with Crippen molar-refractivity contribution >= 4 is 11.9 Å². The normalized spacial score (nSPS) is 25.5. The van der Waals surface area contributed by atoms with E-state index in [1.165, 1.54) is 51.4 Å². The van der Waals surface area contributed by atoms with Gasteiger partial charge >= 0.3 is 0 Å². The lowest BCUT2D eigenvalue weighted by Crippen LogP contribution is -2.61. The smallest absolute Gasteiger partial charge is 0.261 e. The van der Waals surface area contributed by atoms with Gasteiger partial charge in [-0.15, -0.1) is 0 Å². The molecule has 2 fully saturated rings. The summed E-state index contributed by atoms with van der Waals surface area (Å²) < 4.78 is 2.22. The zero-order valence-corrected chi connectivity index (χ0v) is 17.7. The van der Waals surface area contributed by atoms with Crippen LogP contribution in [-0.4, -0.2) is 26.7 Å². The van der Waals surface area contributed by atoms with E-state index in [-0.39, 0.29) is 17.5 Å². The molecule has 1 aromatic heterocycles. The molecule has 5 rings (SSSR count). The number of carbonyl (C=O) groups is 1. The van der Waals surface area contributed by atoms with Gasteiger partial charge in [-0.3, -0.25) is 9.69 Å². The Bertz CT molecular complexity index is 911. The van der Waals surface area contributed by atoms with Crippen LogP contribution in [0.15, 0.2) is 24.3 Å². The van der Waals surface area contributed by atoms with Gasteiger partial charge in [0.2, 0.25) is 5.95 Å². The maximum atomic E-state index is 13.9. The van der Waals surface area contributed by atoms with E-state index < -0.39 is 0 Å². The molecular formula is C24H32N4O. The van der Waals surface area contributed by atoms with Crippen molar-refractivity contribution in [1.82, 2.24) is 14.8 Å². The van der Waals surface area contributed by atoms with Gasteiger partial charge in [0.25, 0.3) is 5.91 Å². The molecule has 0 unspecified atom stereocenters. The molecule has 1 amide bonds. The highest BCUT2D eigenvalue weighted by atomic mass is 16.2. The van der Waals surface area contributed by atoms with E-state index in [4.69, 9.17) is 10.1 Å². The molecule has 2 saturated carbocycles. The minimum absolute atomic E-state index is 0.0571. The van der Waals surface area contributed by atoms with E-state index in [9.17, 15) is 4.79 Å². The van der Waals surface area contributed by atoms with Crippen molar-refractivity contribution in [2.75, 3.05) is 4.90 Å². The molecule has 3 aliphatic rings. The molecule has 5 heteroatoms. The van der Waals surface area contributed by atoms with Crippen molar-refractivity contribution in [2.24, 2.45) is 5.92 Å². The molecule has 1 aliphatic heterocycles. The van der Waals surface area contributed by atoms with Gasteiger partial charge in [-0.1, -0.05) is 57.2 Å². The number of aromatic nitrogens is 3. The van der Waals surface area contributed by atoms with Crippen molar-refractivity contribution < 1.29 is 4.79 Å². The molecule has 0 N–H and O–H groups in total. The minimum atomic E-state index is 0.0571. The number of benzene rings is 1. The van der Waals surface area contributed by atoms with E-state index in [1.807, 2.05) is 36.1 Å². The highest BCUT2D eigenvalue weighted by Crippen LogP contribution is 2.53. The summed E-state index contributed by atoms with van der Waals surface area (Å²) in [6, 6.07) is 8.20. The number of hydrogen-bond acceptors (Lipinski definition) is 3. The van der Waals surface area contributed by atoms with Gasteiger partial charge < -0.3 is 0 Å². The molecule has 29 heavy (non-hydrogen) atoms. The Balaban J connectivity index is 1.68. The predicted octanol–water partition coefficient (Wildman–Crippen LogP) is 5.03. The lowest BCUT2D eigenvalue weighted by atomic mass is 9.64. The summed E-state index contributed by atoms with van der Waals surface area (Å²) in [7, 11) is 0. The summed E-state index contributed by atoms with van der Waals surface area (Å²) in [5.41, 5.74) is 1.88. The largest absolute Gasteiger partial charge is 0.273 e. The average Bonchev–Trinajstić information content (AvgIpc) is 3.20. The van der Waals surface area contributed by atoms with Crippen LogP contribution in [0.3, 0.4) is 0 Å². The second-order valence-electron chi connectivity index (χ2n) is 9.21. The predicted molar refractivity (Wildman–Crippen MR) is 114 cm³/mol. The lowest BCUT2D eigenvalue weighted by molar-refractivity contribution is 0.0311. The van der Waals surface area contributed by atoms with Crippen LogP contribution in [0.1, 0.15) is 86.5 Å². The van der Waals surface area contributed by atoms with Crippen molar-refractivity contribution in [3.8, 4) is 0 Å². The van der Waals surface area contributed by atoms with Gasteiger partial charge in [0.05, 0.1) is 5.54 Å². The maximum absolute atomic E-state index is 13.9. The second-order valence-corrected chi connectivity index (χ2v) is 9.21. The molecule has 2 atom stereocenters. The van der Waals surface area contributed by atoms with E-state index >= 15 is 0 Å². The van der Waals surface area contributed by atoms with Crippen LogP contribution < -0.4 is 4.90 Å². The van der Waals surface area contributed by atoms with Crippen LogP contribution in [0.25, 0.3) is 0 Å². The van der Waals surface area contributed by atoms with Gasteiger partial charge in [0, 0.05) is 23.9 Å². The highest BCUT2D eigenvalue weighted by molar-refractivity contribution is 6.06. The van der Waals surface area contributed by atoms with Crippen LogP contribution in [0.5, 0.6) is 0 Å². The molecule has 1 aromatic carbocycles. The summed E-state index contributed by atoms with van der Waals surface area (Å²) in [5.74, 6) is 2.26. The quantitative estimate of drug-likeness (QED) is 0.720. The first-order valence-corrected chi connectivity index (χ1v) is 11.5.